The molecule has 0 aliphatic heterocycles. The second-order valence-corrected chi connectivity index (χ2v) is 1.65. The number of carbonyl (C=O) groups excluding carboxylic acids is 1. The maximum atomic E-state index is 10.1. The van der Waals surface area contributed by atoms with Crippen LogP contribution in [-0.2, 0) is 0 Å². The molecule has 1 aromatic carbocycles. The number of carboxylic acids is 1. The van der Waals surface area contributed by atoms with E-state index in [1.165, 1.54) is 12.1 Å². The second kappa shape index (κ2) is 4.91. The predicted octanol–water partition coefficient (Wildman–Crippen LogP) is -0.331. The third-order valence-electron chi connectivity index (χ3n) is 1.01. The third-order valence-corrected chi connectivity index (χ3v) is 1.01. The van der Waals surface area contributed by atoms with Crippen molar-refractivity contribution >= 4 is 51.5 Å². The van der Waals surface area contributed by atoms with E-state index in [1.807, 2.05) is 0 Å². The molecule has 0 saturated carbocycles. The summed E-state index contributed by atoms with van der Waals surface area (Å²) in [5.74, 6) is -1.13. The van der Waals surface area contributed by atoms with E-state index in [0.717, 1.165) is 0 Å². The Morgan fingerprint density at radius 1 is 1.20 bits per heavy atom. The Labute approximate surface area is 96.1 Å². The summed E-state index contributed by atoms with van der Waals surface area (Å²) in [7, 11) is 0. The van der Waals surface area contributed by atoms with Crippen molar-refractivity contribution in [2.75, 3.05) is 0 Å². The molecule has 0 aliphatic rings. The van der Waals surface area contributed by atoms with Crippen LogP contribution in [0.4, 0.5) is 0 Å². The van der Waals surface area contributed by atoms with Crippen molar-refractivity contribution < 1.29 is 9.90 Å². The fourth-order valence-corrected chi connectivity index (χ4v) is 0.574. The van der Waals surface area contributed by atoms with Gasteiger partial charge in [-0.1, -0.05) is 30.3 Å². The normalized spacial score (nSPS) is 8.00. The summed E-state index contributed by atoms with van der Waals surface area (Å²) in [4.78, 5) is 10.1. The Bertz CT molecular complexity index is 208. The molecule has 0 unspecified atom stereocenters. The third kappa shape index (κ3) is 2.84. The number of aromatic carboxylic acids is 1. The van der Waals surface area contributed by atoms with Gasteiger partial charge in [-0.15, -0.1) is 0 Å². The van der Waals surface area contributed by atoms with Crippen LogP contribution in [-0.4, -0.2) is 51.5 Å². The number of hydrogen-bond acceptors (Lipinski definition) is 2. The number of hydrogen-bond donors (Lipinski definition) is 0. The molecule has 10 heavy (non-hydrogen) atoms. The first kappa shape index (κ1) is 10.2. The van der Waals surface area contributed by atoms with Gasteiger partial charge in [0.1, 0.15) is 0 Å². The SMILES string of the molecule is O=C([O-])c1ccccc1.[Sr+2]. The van der Waals surface area contributed by atoms with E-state index in [0.29, 0.717) is 0 Å². The summed E-state index contributed by atoms with van der Waals surface area (Å²) in [6, 6.07) is 8.06. The zero-order chi connectivity index (χ0) is 6.69. The summed E-state index contributed by atoms with van der Waals surface area (Å²) in [6.45, 7) is 0. The Morgan fingerprint density at radius 3 is 2.00 bits per heavy atom. The van der Waals surface area contributed by atoms with Gasteiger partial charge in [-0.25, -0.2) is 0 Å². The first-order valence-electron chi connectivity index (χ1n) is 2.57. The van der Waals surface area contributed by atoms with E-state index in [2.05, 4.69) is 0 Å². The maximum Gasteiger partial charge on any atom is 2.00 e. The van der Waals surface area contributed by atoms with Crippen molar-refractivity contribution in [2.45, 2.75) is 0 Å². The molecule has 46 valence electrons. The first-order valence-corrected chi connectivity index (χ1v) is 2.57. The molecule has 0 bridgehead atoms. The molecule has 0 N–H and O–H groups in total. The van der Waals surface area contributed by atoms with Crippen LogP contribution < -0.4 is 5.11 Å². The largest absolute Gasteiger partial charge is 2.00 e. The van der Waals surface area contributed by atoms with Gasteiger partial charge >= 0.3 is 45.5 Å². The number of rotatable bonds is 1. The fourth-order valence-electron chi connectivity index (χ4n) is 0.574. The van der Waals surface area contributed by atoms with Crippen molar-refractivity contribution in [3.8, 4) is 0 Å². The van der Waals surface area contributed by atoms with Crippen LogP contribution in [0.1, 0.15) is 10.4 Å². The second-order valence-electron chi connectivity index (χ2n) is 1.65. The maximum absolute atomic E-state index is 10.1. The zero-order valence-corrected chi connectivity index (χ0v) is 8.89. The van der Waals surface area contributed by atoms with E-state index >= 15 is 0 Å². The van der Waals surface area contributed by atoms with Crippen LogP contribution >= 0.6 is 0 Å². The number of benzene rings is 1. The van der Waals surface area contributed by atoms with Gasteiger partial charge in [0.25, 0.3) is 0 Å². The van der Waals surface area contributed by atoms with E-state index < -0.39 is 5.97 Å². The average molecular weight is 209 g/mol. The Balaban J connectivity index is 0.000000810. The van der Waals surface area contributed by atoms with Gasteiger partial charge in [-0.2, -0.15) is 0 Å². The fraction of sp³-hybridized carbons (Fsp3) is 0. The van der Waals surface area contributed by atoms with Crippen molar-refractivity contribution in [3.63, 3.8) is 0 Å². The van der Waals surface area contributed by atoms with E-state index in [1.54, 1.807) is 18.2 Å². The molecule has 0 atom stereocenters. The molecular weight excluding hydrogens is 204 g/mol. The van der Waals surface area contributed by atoms with Crippen LogP contribution in [0.5, 0.6) is 0 Å². The van der Waals surface area contributed by atoms with Gasteiger partial charge in [0.05, 0.1) is 5.97 Å². The van der Waals surface area contributed by atoms with Crippen molar-refractivity contribution in [1.82, 2.24) is 0 Å². The summed E-state index contributed by atoms with van der Waals surface area (Å²) in [5.41, 5.74) is 0.220. The molecule has 1 rings (SSSR count). The molecule has 0 saturated heterocycles. The molecule has 0 heterocycles. The summed E-state index contributed by atoms with van der Waals surface area (Å²) >= 11 is 0. The molecule has 2 nitrogen and oxygen atoms in total. The zero-order valence-electron chi connectivity index (χ0n) is 5.41. The Kier molecular flexibility index (Phi) is 4.99. The summed E-state index contributed by atoms with van der Waals surface area (Å²) in [5, 5.41) is 10.1. The van der Waals surface area contributed by atoms with Gasteiger partial charge in [-0.05, 0) is 5.56 Å². The topological polar surface area (TPSA) is 40.1 Å². The molecule has 0 amide bonds. The van der Waals surface area contributed by atoms with Crippen molar-refractivity contribution in [3.05, 3.63) is 35.9 Å². The predicted molar refractivity (Wildman–Crippen MR) is 36.5 cm³/mol. The molecule has 0 radical (unpaired) electrons. The van der Waals surface area contributed by atoms with E-state index in [-0.39, 0.29) is 51.0 Å². The van der Waals surface area contributed by atoms with Gasteiger partial charge in [0.15, 0.2) is 0 Å². The van der Waals surface area contributed by atoms with E-state index in [9.17, 15) is 9.90 Å². The van der Waals surface area contributed by atoms with Crippen LogP contribution in [0.3, 0.4) is 0 Å². The van der Waals surface area contributed by atoms with Gasteiger partial charge < -0.3 is 9.90 Å². The summed E-state index contributed by atoms with van der Waals surface area (Å²) in [6.07, 6.45) is 0. The average Bonchev–Trinajstić information content (AvgIpc) is 1.90. The molecule has 0 aliphatic carbocycles. The van der Waals surface area contributed by atoms with Gasteiger partial charge in [0.2, 0.25) is 0 Å². The molecule has 3 heteroatoms. The summed E-state index contributed by atoms with van der Waals surface area (Å²) < 4.78 is 0. The Morgan fingerprint density at radius 2 is 1.70 bits per heavy atom. The Hall–Kier alpha value is 0.171. The molecule has 0 aromatic heterocycles. The van der Waals surface area contributed by atoms with Crippen LogP contribution in [0.2, 0.25) is 0 Å². The molecule has 0 fully saturated rings. The van der Waals surface area contributed by atoms with Crippen molar-refractivity contribution in [1.29, 1.82) is 0 Å². The standard InChI is InChI=1S/C7H6O2.Sr/c8-7(9)6-4-2-1-3-5-6;/h1-5H,(H,8,9);/q;+2/p-1. The van der Waals surface area contributed by atoms with Crippen LogP contribution in [0.25, 0.3) is 0 Å². The smallest absolute Gasteiger partial charge is 0.545 e. The minimum atomic E-state index is -1.13. The first-order chi connectivity index (χ1) is 4.30. The van der Waals surface area contributed by atoms with Crippen LogP contribution in [0.15, 0.2) is 30.3 Å². The quantitative estimate of drug-likeness (QED) is 0.593. The monoisotopic (exact) mass is 209 g/mol. The minimum Gasteiger partial charge on any atom is -0.545 e. The van der Waals surface area contributed by atoms with E-state index in [4.69, 9.17) is 0 Å². The minimum absolute atomic E-state index is 0. The number of carbonyl (C=O) groups is 1. The molecule has 0 spiro atoms. The van der Waals surface area contributed by atoms with Gasteiger partial charge in [0, 0.05) is 0 Å². The van der Waals surface area contributed by atoms with Crippen LogP contribution in [0, 0.1) is 0 Å². The molecular formula is C7H5O2Sr+. The van der Waals surface area contributed by atoms with Crippen molar-refractivity contribution in [2.24, 2.45) is 0 Å². The van der Waals surface area contributed by atoms with Gasteiger partial charge in [-0.3, -0.25) is 0 Å². The number of carboxylic acid groups (broad SMARTS) is 1. The molecule has 1 aromatic rings.